The highest BCUT2D eigenvalue weighted by Gasteiger charge is 2.31. The van der Waals surface area contributed by atoms with Crippen LogP contribution < -0.4 is 10.7 Å². The smallest absolute Gasteiger partial charge is 0.377 e. The number of aromatic nitrogens is 6. The van der Waals surface area contributed by atoms with Gasteiger partial charge >= 0.3 is 5.76 Å². The molecule has 0 radical (unpaired) electrons. The van der Waals surface area contributed by atoms with E-state index < -0.39 is 5.76 Å². The lowest BCUT2D eigenvalue weighted by atomic mass is 9.83. The Morgan fingerprint density at radius 2 is 2.00 bits per heavy atom. The molecule has 1 aliphatic heterocycles. The zero-order valence-electron chi connectivity index (χ0n) is 22.4. The van der Waals surface area contributed by atoms with E-state index in [4.69, 9.17) is 35.8 Å². The summed E-state index contributed by atoms with van der Waals surface area (Å²) in [7, 11) is 0. The maximum Gasteiger partial charge on any atom is 0.439 e. The summed E-state index contributed by atoms with van der Waals surface area (Å²) in [5.74, 6) is 1.96. The first-order chi connectivity index (χ1) is 19.0. The number of nitrogens with one attached hydrogen (secondary N) is 1. The number of morpholine rings is 1. The second-order valence-electron chi connectivity index (χ2n) is 10.9. The lowest BCUT2D eigenvalue weighted by Crippen LogP contribution is -2.47. The van der Waals surface area contributed by atoms with Gasteiger partial charge in [-0.05, 0) is 43.2 Å². The van der Waals surface area contributed by atoms with E-state index in [0.29, 0.717) is 35.5 Å². The zero-order chi connectivity index (χ0) is 26.9. The molecular weight excluding hydrogens is 518 g/mol. The fraction of sp³-hybridized carbons (Fsp3) is 0.536. The second kappa shape index (κ2) is 11.1. The molecule has 11 heteroatoms. The molecule has 1 aliphatic carbocycles. The molecule has 4 aromatic rings. The van der Waals surface area contributed by atoms with Gasteiger partial charge in [-0.1, -0.05) is 62.0 Å². The van der Waals surface area contributed by atoms with Gasteiger partial charge in [0.1, 0.15) is 11.2 Å². The number of hydrogen-bond donors (Lipinski definition) is 1. The molecule has 206 valence electrons. The molecule has 0 unspecified atom stereocenters. The van der Waals surface area contributed by atoms with Crippen molar-refractivity contribution in [2.75, 3.05) is 24.7 Å². The van der Waals surface area contributed by atoms with Crippen LogP contribution in [0.4, 0.5) is 5.95 Å². The molecule has 39 heavy (non-hydrogen) atoms. The molecule has 0 bridgehead atoms. The molecule has 0 spiro atoms. The Balaban J connectivity index is 1.57. The standard InChI is InChI=1S/C28H34ClN7O3/c1-3-5-21-16-38-13-12-35(21)27-32-24-23(36(27)15-18-10-8-17(2)9-11-18)22(19-6-4-7-20(29)14-19)30-25(31-24)26-33-28(37)39-34-26/h4,6-7,14,17-18,21H,3,5,8-13,15-16H2,1-2H3,(H,33,34,37)/t17-,18-,21-/m0/s1. The van der Waals surface area contributed by atoms with Gasteiger partial charge in [-0.2, -0.15) is 4.98 Å². The fourth-order valence-electron chi connectivity index (χ4n) is 5.95. The Morgan fingerprint density at radius 1 is 1.15 bits per heavy atom. The topological polar surface area (TPSA) is 115 Å². The minimum atomic E-state index is -0.661. The summed E-state index contributed by atoms with van der Waals surface area (Å²) in [6, 6.07) is 7.87. The van der Waals surface area contributed by atoms with E-state index >= 15 is 0 Å². The van der Waals surface area contributed by atoms with Gasteiger partial charge in [-0.25, -0.2) is 14.8 Å². The van der Waals surface area contributed by atoms with Gasteiger partial charge in [0.2, 0.25) is 17.6 Å². The SMILES string of the molecule is CCC[C@H]1COCCN1c1nc2nc(-c3noc(=O)[nH]3)nc(-c3cccc(Cl)c3)c2n1C[C@H]1CC[C@H](C)CC1. The van der Waals surface area contributed by atoms with Crippen LogP contribution in [0.15, 0.2) is 33.6 Å². The Morgan fingerprint density at radius 3 is 2.74 bits per heavy atom. The molecule has 2 fully saturated rings. The van der Waals surface area contributed by atoms with Crippen LogP contribution in [-0.4, -0.2) is 55.5 Å². The van der Waals surface area contributed by atoms with Crippen molar-refractivity contribution in [1.29, 1.82) is 0 Å². The number of ether oxygens (including phenoxy) is 1. The Kier molecular flexibility index (Phi) is 7.40. The van der Waals surface area contributed by atoms with E-state index in [9.17, 15) is 4.79 Å². The summed E-state index contributed by atoms with van der Waals surface area (Å²) < 4.78 is 13.0. The first-order valence-electron chi connectivity index (χ1n) is 13.9. The van der Waals surface area contributed by atoms with Crippen molar-refractivity contribution in [3.63, 3.8) is 0 Å². The highest BCUT2D eigenvalue weighted by molar-refractivity contribution is 6.30. The minimum Gasteiger partial charge on any atom is -0.377 e. The van der Waals surface area contributed by atoms with Crippen LogP contribution in [0.1, 0.15) is 52.4 Å². The highest BCUT2D eigenvalue weighted by atomic mass is 35.5. The number of imidazole rings is 1. The number of halogens is 1. The maximum absolute atomic E-state index is 11.7. The van der Waals surface area contributed by atoms with Crippen LogP contribution >= 0.6 is 11.6 Å². The number of fused-ring (bicyclic) bond motifs is 1. The van der Waals surface area contributed by atoms with Crippen LogP contribution in [0, 0.1) is 11.8 Å². The molecule has 1 saturated heterocycles. The van der Waals surface area contributed by atoms with Gasteiger partial charge in [-0.3, -0.25) is 9.51 Å². The van der Waals surface area contributed by atoms with Crippen LogP contribution in [-0.2, 0) is 11.3 Å². The summed E-state index contributed by atoms with van der Waals surface area (Å²) in [4.78, 5) is 31.6. The summed E-state index contributed by atoms with van der Waals surface area (Å²) >= 11 is 6.43. The van der Waals surface area contributed by atoms with Crippen molar-refractivity contribution in [2.45, 2.75) is 65.0 Å². The average Bonchev–Trinajstić information content (AvgIpc) is 3.53. The molecule has 3 aromatic heterocycles. The number of rotatable bonds is 7. The molecule has 10 nitrogen and oxygen atoms in total. The van der Waals surface area contributed by atoms with Crippen LogP contribution in [0.3, 0.4) is 0 Å². The molecule has 0 amide bonds. The quantitative estimate of drug-likeness (QED) is 0.328. The predicted molar refractivity (Wildman–Crippen MR) is 150 cm³/mol. The van der Waals surface area contributed by atoms with Crippen molar-refractivity contribution in [3.05, 3.63) is 39.8 Å². The van der Waals surface area contributed by atoms with Gasteiger partial charge in [0, 0.05) is 23.7 Å². The van der Waals surface area contributed by atoms with Crippen LogP contribution in [0.25, 0.3) is 34.1 Å². The van der Waals surface area contributed by atoms with E-state index in [1.807, 2.05) is 24.3 Å². The van der Waals surface area contributed by atoms with E-state index in [1.54, 1.807) is 0 Å². The lowest BCUT2D eigenvalue weighted by molar-refractivity contribution is 0.0899. The number of H-pyrrole nitrogens is 1. The van der Waals surface area contributed by atoms with Gasteiger partial charge in [0.25, 0.3) is 0 Å². The third-order valence-electron chi connectivity index (χ3n) is 8.02. The summed E-state index contributed by atoms with van der Waals surface area (Å²) in [5.41, 5.74) is 2.96. The van der Waals surface area contributed by atoms with Crippen molar-refractivity contribution in [2.24, 2.45) is 11.8 Å². The molecule has 1 N–H and O–H groups in total. The number of nitrogens with zero attached hydrogens (tertiary/aromatic N) is 6. The lowest BCUT2D eigenvalue weighted by Gasteiger charge is -2.37. The molecular formula is C28H34ClN7O3. The van der Waals surface area contributed by atoms with Gasteiger partial charge < -0.3 is 14.2 Å². The fourth-order valence-corrected chi connectivity index (χ4v) is 6.14. The summed E-state index contributed by atoms with van der Waals surface area (Å²) in [6.07, 6.45) is 6.93. The van der Waals surface area contributed by atoms with E-state index in [2.05, 4.69) is 33.5 Å². The van der Waals surface area contributed by atoms with Crippen LogP contribution in [0.2, 0.25) is 5.02 Å². The molecule has 1 aromatic carbocycles. The molecule has 6 rings (SSSR count). The Hall–Kier alpha value is -3.24. The van der Waals surface area contributed by atoms with Crippen molar-refractivity contribution < 1.29 is 9.26 Å². The number of anilines is 1. The zero-order valence-corrected chi connectivity index (χ0v) is 23.2. The third-order valence-corrected chi connectivity index (χ3v) is 8.25. The maximum atomic E-state index is 11.7. The van der Waals surface area contributed by atoms with Crippen molar-refractivity contribution in [3.8, 4) is 22.9 Å². The van der Waals surface area contributed by atoms with Crippen molar-refractivity contribution in [1.82, 2.24) is 29.7 Å². The van der Waals surface area contributed by atoms with E-state index in [1.165, 1.54) is 25.7 Å². The summed E-state index contributed by atoms with van der Waals surface area (Å²) in [5, 5.41) is 4.46. The first-order valence-corrected chi connectivity index (χ1v) is 14.3. The Labute approximate surface area is 231 Å². The van der Waals surface area contributed by atoms with Gasteiger partial charge in [-0.15, -0.1) is 0 Å². The molecule has 4 heterocycles. The first kappa shape index (κ1) is 26.0. The second-order valence-corrected chi connectivity index (χ2v) is 11.3. The number of aromatic amines is 1. The van der Waals surface area contributed by atoms with Crippen molar-refractivity contribution >= 4 is 28.7 Å². The van der Waals surface area contributed by atoms with E-state index in [0.717, 1.165) is 48.9 Å². The summed E-state index contributed by atoms with van der Waals surface area (Å²) in [6.45, 7) is 7.48. The molecule has 2 aliphatic rings. The number of benzene rings is 1. The average molecular weight is 552 g/mol. The van der Waals surface area contributed by atoms with Crippen LogP contribution in [0.5, 0.6) is 0 Å². The number of hydrogen-bond acceptors (Lipinski definition) is 8. The highest BCUT2D eigenvalue weighted by Crippen LogP contribution is 2.37. The largest absolute Gasteiger partial charge is 0.439 e. The Bertz CT molecular complexity index is 1500. The molecule has 1 atom stereocenters. The monoisotopic (exact) mass is 551 g/mol. The third kappa shape index (κ3) is 5.32. The minimum absolute atomic E-state index is 0.165. The predicted octanol–water partition coefficient (Wildman–Crippen LogP) is 5.32. The van der Waals surface area contributed by atoms with Gasteiger partial charge in [0.15, 0.2) is 5.65 Å². The normalized spacial score (nSPS) is 22.0. The molecule has 1 saturated carbocycles. The van der Waals surface area contributed by atoms with Gasteiger partial charge in [0.05, 0.1) is 19.3 Å². The van der Waals surface area contributed by atoms with E-state index in [-0.39, 0.29) is 17.7 Å².